The fourth-order valence-corrected chi connectivity index (χ4v) is 2.10. The van der Waals surface area contributed by atoms with E-state index in [-0.39, 0.29) is 19.0 Å². The number of likely N-dealkylation sites (N-methyl/N-ethyl adjacent to an activating group) is 1. The Kier molecular flexibility index (Phi) is 5.89. The molecule has 0 unspecified atom stereocenters. The summed E-state index contributed by atoms with van der Waals surface area (Å²) in [5, 5.41) is 10.7. The highest BCUT2D eigenvalue weighted by Gasteiger charge is 2.22. The number of hydrogen-bond acceptors (Lipinski definition) is 4. The largest absolute Gasteiger partial charge is 0.358 e. The smallest absolute Gasteiger partial charge is 0.235 e. The average Bonchev–Trinajstić information content (AvgIpc) is 2.16. The lowest BCUT2D eigenvalue weighted by molar-refractivity contribution is -0.120. The number of carbonyl (C=O) groups excluding carboxylic acids is 1. The third-order valence-electron chi connectivity index (χ3n) is 1.71. The van der Waals surface area contributed by atoms with Gasteiger partial charge in [-0.3, -0.25) is 4.79 Å². The molecule has 1 amide bonds. The molecule has 86 valence electrons. The SMILES string of the molecule is CCCN(CC(=O)NC)S(=O)(=O)CC#N. The van der Waals surface area contributed by atoms with Gasteiger partial charge in [-0.2, -0.15) is 9.57 Å². The van der Waals surface area contributed by atoms with Crippen molar-refractivity contribution in [3.63, 3.8) is 0 Å². The van der Waals surface area contributed by atoms with Gasteiger partial charge < -0.3 is 5.32 Å². The first kappa shape index (κ1) is 13.9. The van der Waals surface area contributed by atoms with E-state index in [4.69, 9.17) is 5.26 Å². The maximum atomic E-state index is 11.5. The van der Waals surface area contributed by atoms with Gasteiger partial charge in [0.2, 0.25) is 15.9 Å². The third kappa shape index (κ3) is 4.76. The summed E-state index contributed by atoms with van der Waals surface area (Å²) in [5.41, 5.74) is 0. The summed E-state index contributed by atoms with van der Waals surface area (Å²) in [4.78, 5) is 11.0. The molecule has 0 saturated carbocycles. The van der Waals surface area contributed by atoms with Crippen LogP contribution in [0.3, 0.4) is 0 Å². The first-order chi connectivity index (χ1) is 6.97. The first-order valence-electron chi connectivity index (χ1n) is 4.53. The van der Waals surface area contributed by atoms with Crippen LogP contribution < -0.4 is 5.32 Å². The number of amides is 1. The van der Waals surface area contributed by atoms with Crippen LogP contribution in [-0.2, 0) is 14.8 Å². The molecule has 6 nitrogen and oxygen atoms in total. The number of nitrogens with one attached hydrogen (secondary N) is 1. The zero-order valence-electron chi connectivity index (χ0n) is 8.86. The average molecular weight is 233 g/mol. The van der Waals surface area contributed by atoms with Crippen LogP contribution in [0.1, 0.15) is 13.3 Å². The fraction of sp³-hybridized carbons (Fsp3) is 0.750. The molecule has 7 heteroatoms. The third-order valence-corrected chi connectivity index (χ3v) is 3.30. The molecular weight excluding hydrogens is 218 g/mol. The molecule has 0 bridgehead atoms. The van der Waals surface area contributed by atoms with Gasteiger partial charge in [0.05, 0.1) is 12.6 Å². The zero-order valence-corrected chi connectivity index (χ0v) is 9.67. The number of nitriles is 1. The van der Waals surface area contributed by atoms with E-state index in [0.29, 0.717) is 6.42 Å². The predicted molar refractivity (Wildman–Crippen MR) is 55.3 cm³/mol. The molecule has 0 spiro atoms. The molecule has 0 atom stereocenters. The Labute approximate surface area is 89.9 Å². The highest BCUT2D eigenvalue weighted by Crippen LogP contribution is 2.02. The second kappa shape index (κ2) is 6.37. The van der Waals surface area contributed by atoms with Crippen LogP contribution in [0.2, 0.25) is 0 Å². The summed E-state index contributed by atoms with van der Waals surface area (Å²) < 4.78 is 24.0. The molecule has 0 aromatic heterocycles. The molecule has 0 fully saturated rings. The summed E-state index contributed by atoms with van der Waals surface area (Å²) in [6.45, 7) is 1.82. The Morgan fingerprint density at radius 2 is 2.13 bits per heavy atom. The lowest BCUT2D eigenvalue weighted by atomic mass is 10.4. The molecule has 0 aliphatic heterocycles. The zero-order chi connectivity index (χ0) is 11.9. The first-order valence-corrected chi connectivity index (χ1v) is 6.14. The minimum Gasteiger partial charge on any atom is -0.358 e. The summed E-state index contributed by atoms with van der Waals surface area (Å²) in [7, 11) is -2.19. The van der Waals surface area contributed by atoms with E-state index in [1.807, 2.05) is 0 Å². The maximum Gasteiger partial charge on any atom is 0.235 e. The van der Waals surface area contributed by atoms with Crippen molar-refractivity contribution in [1.29, 1.82) is 5.26 Å². The van der Waals surface area contributed by atoms with E-state index in [1.54, 1.807) is 13.0 Å². The number of hydrogen-bond donors (Lipinski definition) is 1. The van der Waals surface area contributed by atoms with Crippen molar-refractivity contribution >= 4 is 15.9 Å². The molecule has 0 aromatic rings. The van der Waals surface area contributed by atoms with Gasteiger partial charge in [-0.05, 0) is 6.42 Å². The topological polar surface area (TPSA) is 90.3 Å². The number of nitrogens with zero attached hydrogens (tertiary/aromatic N) is 2. The van der Waals surface area contributed by atoms with E-state index >= 15 is 0 Å². The molecule has 1 N–H and O–H groups in total. The number of carbonyl (C=O) groups is 1. The van der Waals surface area contributed by atoms with Crippen molar-refractivity contribution in [2.75, 3.05) is 25.9 Å². The minimum atomic E-state index is -3.63. The van der Waals surface area contributed by atoms with Crippen LogP contribution in [0.4, 0.5) is 0 Å². The molecule has 0 rings (SSSR count). The lowest BCUT2D eigenvalue weighted by Crippen LogP contribution is -2.40. The summed E-state index contributed by atoms with van der Waals surface area (Å²) in [5.74, 6) is -0.978. The van der Waals surface area contributed by atoms with Gasteiger partial charge >= 0.3 is 0 Å². The van der Waals surface area contributed by atoms with Crippen LogP contribution in [0.25, 0.3) is 0 Å². The van der Waals surface area contributed by atoms with Crippen molar-refractivity contribution in [1.82, 2.24) is 9.62 Å². The molecule has 0 radical (unpaired) electrons. The van der Waals surface area contributed by atoms with Crippen molar-refractivity contribution < 1.29 is 13.2 Å². The summed E-state index contributed by atoms with van der Waals surface area (Å²) in [6.07, 6.45) is 0.599. The normalized spacial score (nSPS) is 11.1. The van der Waals surface area contributed by atoms with Crippen molar-refractivity contribution in [2.24, 2.45) is 0 Å². The molecule has 0 saturated heterocycles. The Bertz CT molecular complexity index is 345. The summed E-state index contributed by atoms with van der Waals surface area (Å²) >= 11 is 0. The van der Waals surface area contributed by atoms with E-state index in [2.05, 4.69) is 5.32 Å². The molecule has 0 aliphatic carbocycles. The molecule has 0 heterocycles. The van der Waals surface area contributed by atoms with Gasteiger partial charge in [0.25, 0.3) is 0 Å². The highest BCUT2D eigenvalue weighted by atomic mass is 32.2. The van der Waals surface area contributed by atoms with Crippen LogP contribution >= 0.6 is 0 Å². The van der Waals surface area contributed by atoms with E-state index in [1.165, 1.54) is 7.05 Å². The second-order valence-corrected chi connectivity index (χ2v) is 4.89. The van der Waals surface area contributed by atoms with Gasteiger partial charge in [0.15, 0.2) is 5.75 Å². The van der Waals surface area contributed by atoms with E-state index < -0.39 is 15.8 Å². The fourth-order valence-electron chi connectivity index (χ4n) is 0.978. The van der Waals surface area contributed by atoms with Crippen molar-refractivity contribution in [3.8, 4) is 6.07 Å². The van der Waals surface area contributed by atoms with Crippen LogP contribution in [-0.4, -0.2) is 44.5 Å². The van der Waals surface area contributed by atoms with Gasteiger partial charge in [0, 0.05) is 13.6 Å². The molecule has 0 aromatic carbocycles. The predicted octanol–water partition coefficient (Wildman–Crippen LogP) is -0.702. The maximum absolute atomic E-state index is 11.5. The second-order valence-electron chi connectivity index (χ2n) is 2.92. The Morgan fingerprint density at radius 1 is 1.53 bits per heavy atom. The van der Waals surface area contributed by atoms with E-state index in [0.717, 1.165) is 4.31 Å². The minimum absolute atomic E-state index is 0.228. The van der Waals surface area contributed by atoms with Crippen LogP contribution in [0.5, 0.6) is 0 Å². The Morgan fingerprint density at radius 3 is 2.53 bits per heavy atom. The molecule has 0 aliphatic rings. The lowest BCUT2D eigenvalue weighted by Gasteiger charge is -2.18. The van der Waals surface area contributed by atoms with Gasteiger partial charge in [-0.15, -0.1) is 0 Å². The standard InChI is InChI=1S/C8H15N3O3S/c1-3-5-11(7-8(12)10-2)15(13,14)6-4-9/h3,5-7H2,1-2H3,(H,10,12). The van der Waals surface area contributed by atoms with Crippen molar-refractivity contribution in [2.45, 2.75) is 13.3 Å². The summed E-state index contributed by atoms with van der Waals surface area (Å²) in [6, 6.07) is 1.58. The van der Waals surface area contributed by atoms with Gasteiger partial charge in [0.1, 0.15) is 0 Å². The van der Waals surface area contributed by atoms with E-state index in [9.17, 15) is 13.2 Å². The monoisotopic (exact) mass is 233 g/mol. The number of rotatable bonds is 6. The quantitative estimate of drug-likeness (QED) is 0.656. The van der Waals surface area contributed by atoms with Gasteiger partial charge in [-0.25, -0.2) is 8.42 Å². The Balaban J connectivity index is 4.67. The van der Waals surface area contributed by atoms with Crippen LogP contribution in [0, 0.1) is 11.3 Å². The number of sulfonamides is 1. The molecular formula is C8H15N3O3S. The van der Waals surface area contributed by atoms with Crippen LogP contribution in [0.15, 0.2) is 0 Å². The Hall–Kier alpha value is -1.13. The molecule has 15 heavy (non-hydrogen) atoms. The highest BCUT2D eigenvalue weighted by molar-refractivity contribution is 7.89. The van der Waals surface area contributed by atoms with Crippen molar-refractivity contribution in [3.05, 3.63) is 0 Å². The van der Waals surface area contributed by atoms with Gasteiger partial charge in [-0.1, -0.05) is 6.92 Å².